The molecular formula is C22H19N7O. The van der Waals surface area contributed by atoms with Crippen molar-refractivity contribution in [1.82, 2.24) is 30.1 Å². The molecule has 4 heterocycles. The molecule has 0 aliphatic rings. The second-order valence-corrected chi connectivity index (χ2v) is 7.42. The molecule has 0 spiro atoms. The van der Waals surface area contributed by atoms with E-state index >= 15 is 0 Å². The molecule has 0 fully saturated rings. The first-order chi connectivity index (χ1) is 14.6. The highest BCUT2D eigenvalue weighted by Gasteiger charge is 2.14. The molecule has 3 N–H and O–H groups in total. The van der Waals surface area contributed by atoms with E-state index in [0.29, 0.717) is 11.5 Å². The van der Waals surface area contributed by atoms with E-state index in [1.54, 1.807) is 24.8 Å². The molecule has 0 aliphatic heterocycles. The molecular weight excluding hydrogens is 378 g/mol. The number of hydrogen-bond acceptors (Lipinski definition) is 5. The van der Waals surface area contributed by atoms with Crippen molar-refractivity contribution in [2.45, 2.75) is 13.8 Å². The lowest BCUT2D eigenvalue weighted by atomic mass is 10.0. The topological polar surface area (TPSA) is 112 Å². The lowest BCUT2D eigenvalue weighted by Gasteiger charge is -2.09. The van der Waals surface area contributed by atoms with Gasteiger partial charge in [0.25, 0.3) is 0 Å². The molecule has 4 aromatic heterocycles. The molecule has 1 amide bonds. The van der Waals surface area contributed by atoms with Crippen LogP contribution in [0.25, 0.3) is 44.6 Å². The summed E-state index contributed by atoms with van der Waals surface area (Å²) in [6, 6.07) is 9.80. The summed E-state index contributed by atoms with van der Waals surface area (Å²) >= 11 is 0. The van der Waals surface area contributed by atoms with Gasteiger partial charge in [0.15, 0.2) is 5.82 Å². The number of benzene rings is 1. The van der Waals surface area contributed by atoms with Crippen LogP contribution in [0, 0.1) is 5.92 Å². The van der Waals surface area contributed by atoms with Gasteiger partial charge < -0.3 is 10.3 Å². The number of pyridine rings is 2. The summed E-state index contributed by atoms with van der Waals surface area (Å²) in [5.41, 5.74) is 5.88. The second kappa shape index (κ2) is 7.07. The molecule has 0 unspecified atom stereocenters. The molecule has 5 aromatic rings. The van der Waals surface area contributed by atoms with Gasteiger partial charge in [-0.25, -0.2) is 4.98 Å². The average Bonchev–Trinajstić information content (AvgIpc) is 3.37. The number of carbonyl (C=O) groups is 1. The van der Waals surface area contributed by atoms with Crippen LogP contribution in [0.2, 0.25) is 0 Å². The van der Waals surface area contributed by atoms with Crippen molar-refractivity contribution in [2.75, 3.05) is 5.32 Å². The van der Waals surface area contributed by atoms with Crippen LogP contribution >= 0.6 is 0 Å². The Morgan fingerprint density at radius 3 is 2.73 bits per heavy atom. The van der Waals surface area contributed by atoms with Gasteiger partial charge in [-0.15, -0.1) is 0 Å². The Hall–Kier alpha value is -4.07. The smallest absolute Gasteiger partial charge is 0.226 e. The van der Waals surface area contributed by atoms with E-state index in [2.05, 4.69) is 35.5 Å². The van der Waals surface area contributed by atoms with Crippen molar-refractivity contribution in [2.24, 2.45) is 5.92 Å². The molecule has 0 radical (unpaired) electrons. The molecule has 0 saturated carbocycles. The maximum atomic E-state index is 12.0. The standard InChI is InChI=1S/C22H19N7O/c1-12(2)22(30)25-15-7-14(9-24-10-15)13-3-4-17-16(8-13)20(29-28-17)21-26-18-5-6-23-11-19(18)27-21/h3-12H,1-2H3,(H,25,30)(H,26,27)(H,28,29). The van der Waals surface area contributed by atoms with E-state index in [1.165, 1.54) is 0 Å². The Labute approximate surface area is 171 Å². The minimum atomic E-state index is -0.0995. The fourth-order valence-corrected chi connectivity index (χ4v) is 3.30. The van der Waals surface area contributed by atoms with Crippen LogP contribution in [0.15, 0.2) is 55.1 Å². The second-order valence-electron chi connectivity index (χ2n) is 7.42. The van der Waals surface area contributed by atoms with Crippen LogP contribution in [0.4, 0.5) is 5.69 Å². The maximum absolute atomic E-state index is 12.0. The van der Waals surface area contributed by atoms with Crippen LogP contribution < -0.4 is 5.32 Å². The first-order valence-electron chi connectivity index (χ1n) is 9.63. The molecule has 0 atom stereocenters. The first kappa shape index (κ1) is 18.0. The summed E-state index contributed by atoms with van der Waals surface area (Å²) < 4.78 is 0. The lowest BCUT2D eigenvalue weighted by molar-refractivity contribution is -0.118. The highest BCUT2D eigenvalue weighted by molar-refractivity contribution is 5.96. The molecule has 8 nitrogen and oxygen atoms in total. The van der Waals surface area contributed by atoms with Crippen molar-refractivity contribution < 1.29 is 4.79 Å². The fourth-order valence-electron chi connectivity index (χ4n) is 3.30. The third-order valence-electron chi connectivity index (χ3n) is 4.93. The summed E-state index contributed by atoms with van der Waals surface area (Å²) in [5.74, 6) is 0.538. The summed E-state index contributed by atoms with van der Waals surface area (Å²) in [4.78, 5) is 28.3. The number of H-pyrrole nitrogens is 2. The number of nitrogens with zero attached hydrogens (tertiary/aromatic N) is 4. The van der Waals surface area contributed by atoms with Gasteiger partial charge in [0.2, 0.25) is 5.91 Å². The van der Waals surface area contributed by atoms with Crippen LogP contribution in [0.1, 0.15) is 13.8 Å². The molecule has 5 rings (SSSR count). The number of amides is 1. The van der Waals surface area contributed by atoms with Gasteiger partial charge in [0.05, 0.1) is 34.6 Å². The fraction of sp³-hybridized carbons (Fsp3) is 0.136. The van der Waals surface area contributed by atoms with Crippen molar-refractivity contribution in [3.8, 4) is 22.6 Å². The van der Waals surface area contributed by atoms with Crippen LogP contribution in [0.5, 0.6) is 0 Å². The molecule has 8 heteroatoms. The number of aromatic amines is 2. The lowest BCUT2D eigenvalue weighted by Crippen LogP contribution is -2.17. The van der Waals surface area contributed by atoms with Crippen LogP contribution in [0.3, 0.4) is 0 Å². The van der Waals surface area contributed by atoms with E-state index in [1.807, 2.05) is 44.2 Å². The van der Waals surface area contributed by atoms with Crippen LogP contribution in [-0.4, -0.2) is 36.0 Å². The number of fused-ring (bicyclic) bond motifs is 2. The van der Waals surface area contributed by atoms with Crippen molar-refractivity contribution in [3.63, 3.8) is 0 Å². The van der Waals surface area contributed by atoms with Gasteiger partial charge >= 0.3 is 0 Å². The predicted molar refractivity (Wildman–Crippen MR) is 116 cm³/mol. The Bertz CT molecular complexity index is 1350. The number of hydrogen-bond donors (Lipinski definition) is 3. The minimum absolute atomic E-state index is 0.0408. The molecule has 1 aromatic carbocycles. The van der Waals surface area contributed by atoms with Gasteiger partial charge in [-0.2, -0.15) is 5.10 Å². The summed E-state index contributed by atoms with van der Waals surface area (Å²) in [6.45, 7) is 3.71. The maximum Gasteiger partial charge on any atom is 0.226 e. The Morgan fingerprint density at radius 2 is 1.90 bits per heavy atom. The van der Waals surface area contributed by atoms with E-state index in [4.69, 9.17) is 0 Å². The number of aromatic nitrogens is 6. The Kier molecular flexibility index (Phi) is 4.24. The number of rotatable bonds is 4. The minimum Gasteiger partial charge on any atom is -0.335 e. The van der Waals surface area contributed by atoms with Gasteiger partial charge in [-0.1, -0.05) is 19.9 Å². The third-order valence-corrected chi connectivity index (χ3v) is 4.93. The van der Waals surface area contributed by atoms with E-state index < -0.39 is 0 Å². The number of nitrogens with one attached hydrogen (secondary N) is 3. The summed E-state index contributed by atoms with van der Waals surface area (Å²) in [6.07, 6.45) is 6.88. The first-order valence-corrected chi connectivity index (χ1v) is 9.63. The van der Waals surface area contributed by atoms with Gasteiger partial charge in [0, 0.05) is 29.3 Å². The number of carbonyl (C=O) groups excluding carboxylic acids is 1. The molecule has 0 saturated heterocycles. The summed E-state index contributed by atoms with van der Waals surface area (Å²) in [5, 5.41) is 11.4. The van der Waals surface area contributed by atoms with Crippen molar-refractivity contribution in [3.05, 3.63) is 55.1 Å². The Morgan fingerprint density at radius 1 is 1.00 bits per heavy atom. The van der Waals surface area contributed by atoms with Crippen LogP contribution in [-0.2, 0) is 4.79 Å². The monoisotopic (exact) mass is 397 g/mol. The number of imidazole rings is 1. The number of anilines is 1. The van der Waals surface area contributed by atoms with Gasteiger partial charge in [-0.3, -0.25) is 19.9 Å². The SMILES string of the molecule is CC(C)C(=O)Nc1cncc(-c2ccc3[nH]nc(-c4nc5ccncc5[nH]4)c3c2)c1. The zero-order chi connectivity index (χ0) is 20.7. The summed E-state index contributed by atoms with van der Waals surface area (Å²) in [7, 11) is 0. The molecule has 148 valence electrons. The van der Waals surface area contributed by atoms with Crippen molar-refractivity contribution >= 4 is 33.5 Å². The predicted octanol–water partition coefficient (Wildman–Crippen LogP) is 4.16. The van der Waals surface area contributed by atoms with E-state index in [0.717, 1.165) is 38.8 Å². The molecule has 0 bridgehead atoms. The largest absolute Gasteiger partial charge is 0.335 e. The highest BCUT2D eigenvalue weighted by atomic mass is 16.1. The third kappa shape index (κ3) is 3.18. The van der Waals surface area contributed by atoms with Gasteiger partial charge in [0.1, 0.15) is 5.69 Å². The zero-order valence-electron chi connectivity index (χ0n) is 16.5. The molecule has 30 heavy (non-hydrogen) atoms. The van der Waals surface area contributed by atoms with Gasteiger partial charge in [-0.05, 0) is 29.8 Å². The van der Waals surface area contributed by atoms with E-state index in [9.17, 15) is 4.79 Å². The van der Waals surface area contributed by atoms with E-state index in [-0.39, 0.29) is 11.8 Å². The Balaban J connectivity index is 1.55. The zero-order valence-corrected chi connectivity index (χ0v) is 16.5. The average molecular weight is 397 g/mol. The molecule has 0 aliphatic carbocycles. The highest BCUT2D eigenvalue weighted by Crippen LogP contribution is 2.30. The normalized spacial score (nSPS) is 11.4. The van der Waals surface area contributed by atoms with Crippen molar-refractivity contribution in [1.29, 1.82) is 0 Å². The quantitative estimate of drug-likeness (QED) is 0.422.